The second kappa shape index (κ2) is 7.58. The third-order valence-corrected chi connectivity index (χ3v) is 4.91. The Morgan fingerprint density at radius 2 is 2.08 bits per heavy atom. The van der Waals surface area contributed by atoms with Crippen molar-refractivity contribution in [2.75, 3.05) is 18.5 Å². The first-order valence-electron chi connectivity index (χ1n) is 8.75. The second-order valence-electron chi connectivity index (χ2n) is 6.92. The molecule has 1 aromatic carbocycles. The third-order valence-electron chi connectivity index (χ3n) is 4.91. The van der Waals surface area contributed by atoms with Crippen molar-refractivity contribution in [3.63, 3.8) is 0 Å². The highest BCUT2D eigenvalue weighted by Gasteiger charge is 2.34. The van der Waals surface area contributed by atoms with Crippen molar-refractivity contribution < 1.29 is 4.79 Å². The molecule has 26 heavy (non-hydrogen) atoms. The van der Waals surface area contributed by atoms with Gasteiger partial charge in [-0.2, -0.15) is 10.4 Å². The number of hydrogen-bond acceptors (Lipinski definition) is 5. The molecule has 7 heteroatoms. The normalized spacial score (nSPS) is 19.9. The topological polar surface area (TPSA) is 86.0 Å². The Kier molecular flexibility index (Phi) is 5.24. The van der Waals surface area contributed by atoms with Crippen LogP contribution in [0.2, 0.25) is 0 Å². The molecule has 3 rings (SSSR count). The lowest BCUT2D eigenvalue weighted by Crippen LogP contribution is -2.38. The molecule has 1 aromatic heterocycles. The smallest absolute Gasteiger partial charge is 0.243 e. The van der Waals surface area contributed by atoms with Crippen LogP contribution < -0.4 is 10.9 Å². The lowest BCUT2D eigenvalue weighted by atomic mass is 9.98. The van der Waals surface area contributed by atoms with E-state index in [0.717, 1.165) is 19.6 Å². The highest BCUT2D eigenvalue weighted by molar-refractivity contribution is 5.81. The molecule has 136 valence electrons. The number of nitrogens with zero attached hydrogens (tertiary/aromatic N) is 4. The van der Waals surface area contributed by atoms with Gasteiger partial charge in [-0.15, -0.1) is 0 Å². The van der Waals surface area contributed by atoms with E-state index in [2.05, 4.69) is 46.0 Å². The first kappa shape index (κ1) is 18.0. The molecule has 2 atom stereocenters. The van der Waals surface area contributed by atoms with Crippen LogP contribution in [0.5, 0.6) is 0 Å². The summed E-state index contributed by atoms with van der Waals surface area (Å²) in [5, 5.41) is 13.4. The van der Waals surface area contributed by atoms with Crippen LogP contribution in [-0.2, 0) is 18.4 Å². The number of hydrazine groups is 1. The quantitative estimate of drug-likeness (QED) is 0.802. The Bertz CT molecular complexity index is 823. The van der Waals surface area contributed by atoms with Crippen molar-refractivity contribution >= 4 is 11.7 Å². The van der Waals surface area contributed by atoms with Crippen LogP contribution in [0, 0.1) is 30.1 Å². The Morgan fingerprint density at radius 3 is 2.77 bits per heavy atom. The summed E-state index contributed by atoms with van der Waals surface area (Å²) in [6.07, 6.45) is 0. The fourth-order valence-corrected chi connectivity index (χ4v) is 3.53. The molecule has 1 fully saturated rings. The lowest BCUT2D eigenvalue weighted by molar-refractivity contribution is -0.125. The molecule has 0 spiro atoms. The predicted molar refractivity (Wildman–Crippen MR) is 98.8 cm³/mol. The molecule has 1 saturated heterocycles. The van der Waals surface area contributed by atoms with Gasteiger partial charge in [-0.25, -0.2) is 0 Å². The molecular formula is C19H24N6O. The number of amides is 1. The van der Waals surface area contributed by atoms with E-state index in [9.17, 15) is 10.1 Å². The van der Waals surface area contributed by atoms with Gasteiger partial charge in [0.1, 0.15) is 11.6 Å². The summed E-state index contributed by atoms with van der Waals surface area (Å²) in [6.45, 7) is 6.33. The van der Waals surface area contributed by atoms with Crippen LogP contribution >= 0.6 is 0 Å². The van der Waals surface area contributed by atoms with Gasteiger partial charge in [0, 0.05) is 26.7 Å². The molecule has 1 aliphatic rings. The molecule has 7 nitrogen and oxygen atoms in total. The zero-order chi connectivity index (χ0) is 18.7. The highest BCUT2D eigenvalue weighted by atomic mass is 16.2. The predicted octanol–water partition coefficient (Wildman–Crippen LogP) is 1.81. The molecule has 0 radical (unpaired) electrons. The summed E-state index contributed by atoms with van der Waals surface area (Å²) < 4.78 is 1.56. The largest absolute Gasteiger partial charge is 0.298 e. The third kappa shape index (κ3) is 3.70. The first-order chi connectivity index (χ1) is 12.5. The molecule has 0 aliphatic carbocycles. The van der Waals surface area contributed by atoms with Gasteiger partial charge in [0.25, 0.3) is 0 Å². The van der Waals surface area contributed by atoms with Crippen molar-refractivity contribution in [1.29, 1.82) is 5.26 Å². The number of aryl methyl sites for hydroxylation is 2. The average Bonchev–Trinajstić information content (AvgIpc) is 3.12. The van der Waals surface area contributed by atoms with Gasteiger partial charge < -0.3 is 0 Å². The number of anilines is 1. The molecule has 2 aromatic rings. The van der Waals surface area contributed by atoms with E-state index < -0.39 is 0 Å². The summed E-state index contributed by atoms with van der Waals surface area (Å²) in [5.74, 6) is 0.622. The van der Waals surface area contributed by atoms with E-state index in [-0.39, 0.29) is 17.7 Å². The number of benzene rings is 1. The van der Waals surface area contributed by atoms with Crippen molar-refractivity contribution in [2.24, 2.45) is 18.9 Å². The number of carbonyl (C=O) groups excluding carboxylic acids is 1. The molecular weight excluding hydrogens is 328 g/mol. The lowest BCUT2D eigenvalue weighted by Gasteiger charge is -2.17. The zero-order valence-electron chi connectivity index (χ0n) is 15.4. The van der Waals surface area contributed by atoms with Gasteiger partial charge in [0.05, 0.1) is 11.6 Å². The molecule has 1 amide bonds. The SMILES string of the molecule is Cc1nn(C)c(NNC(=O)[C@@H]2CN(Cc3ccccc3)C[C@H]2C)c1C#N. The van der Waals surface area contributed by atoms with Crippen molar-refractivity contribution in [2.45, 2.75) is 20.4 Å². The van der Waals surface area contributed by atoms with Crippen LogP contribution in [0.15, 0.2) is 30.3 Å². The summed E-state index contributed by atoms with van der Waals surface area (Å²) in [5.41, 5.74) is 7.96. The van der Waals surface area contributed by atoms with Crippen molar-refractivity contribution in [3.8, 4) is 6.07 Å². The fourth-order valence-electron chi connectivity index (χ4n) is 3.53. The van der Waals surface area contributed by atoms with Crippen LogP contribution in [0.1, 0.15) is 23.7 Å². The minimum Gasteiger partial charge on any atom is -0.298 e. The standard InChI is InChI=1S/C19H24N6O/c1-13-10-25(11-15-7-5-4-6-8-15)12-17(13)19(26)22-21-18-16(9-20)14(2)23-24(18)3/h4-8,13,17,21H,10-12H2,1-3H3,(H,22,26)/t13-,17-/m1/s1. The van der Waals surface area contributed by atoms with Gasteiger partial charge in [-0.05, 0) is 18.4 Å². The number of rotatable bonds is 5. The summed E-state index contributed by atoms with van der Waals surface area (Å²) in [4.78, 5) is 14.9. The van der Waals surface area contributed by atoms with Gasteiger partial charge in [0.15, 0.2) is 5.82 Å². The first-order valence-corrected chi connectivity index (χ1v) is 8.75. The number of nitrogens with one attached hydrogen (secondary N) is 2. The Morgan fingerprint density at radius 1 is 1.35 bits per heavy atom. The summed E-state index contributed by atoms with van der Waals surface area (Å²) in [6, 6.07) is 12.4. The van der Waals surface area contributed by atoms with Crippen molar-refractivity contribution in [3.05, 3.63) is 47.2 Å². The van der Waals surface area contributed by atoms with E-state index in [1.165, 1.54) is 5.56 Å². The van der Waals surface area contributed by atoms with Gasteiger partial charge in [-0.1, -0.05) is 37.3 Å². The van der Waals surface area contributed by atoms with Crippen LogP contribution in [-0.4, -0.2) is 33.7 Å². The van der Waals surface area contributed by atoms with Crippen molar-refractivity contribution in [1.82, 2.24) is 20.1 Å². The van der Waals surface area contributed by atoms with Gasteiger partial charge >= 0.3 is 0 Å². The number of hydrogen-bond donors (Lipinski definition) is 2. The minimum atomic E-state index is -0.0916. The maximum atomic E-state index is 12.6. The highest BCUT2D eigenvalue weighted by Crippen LogP contribution is 2.25. The van der Waals surface area contributed by atoms with Crippen LogP contribution in [0.25, 0.3) is 0 Å². The Labute approximate surface area is 153 Å². The molecule has 0 saturated carbocycles. The van der Waals surface area contributed by atoms with E-state index >= 15 is 0 Å². The maximum Gasteiger partial charge on any atom is 0.243 e. The minimum absolute atomic E-state index is 0.0594. The number of aromatic nitrogens is 2. The molecule has 0 unspecified atom stereocenters. The average molecular weight is 352 g/mol. The zero-order valence-corrected chi connectivity index (χ0v) is 15.4. The van der Waals surface area contributed by atoms with E-state index in [1.54, 1.807) is 18.7 Å². The molecule has 2 N–H and O–H groups in total. The second-order valence-corrected chi connectivity index (χ2v) is 6.92. The van der Waals surface area contributed by atoms with Gasteiger partial charge in [-0.3, -0.25) is 25.2 Å². The molecule has 0 bridgehead atoms. The molecule has 1 aliphatic heterocycles. The van der Waals surface area contributed by atoms with Crippen LogP contribution in [0.4, 0.5) is 5.82 Å². The van der Waals surface area contributed by atoms with Gasteiger partial charge in [0.2, 0.25) is 5.91 Å². The van der Waals surface area contributed by atoms with E-state index in [1.807, 2.05) is 18.2 Å². The van der Waals surface area contributed by atoms with E-state index in [4.69, 9.17) is 0 Å². The van der Waals surface area contributed by atoms with Crippen LogP contribution in [0.3, 0.4) is 0 Å². The maximum absolute atomic E-state index is 12.6. The number of carbonyl (C=O) groups is 1. The summed E-state index contributed by atoms with van der Waals surface area (Å²) in [7, 11) is 1.74. The van der Waals surface area contributed by atoms with E-state index in [0.29, 0.717) is 17.1 Å². The Balaban J connectivity index is 1.59. The monoisotopic (exact) mass is 352 g/mol. The fraction of sp³-hybridized carbons (Fsp3) is 0.421. The molecule has 2 heterocycles. The number of nitriles is 1. The Hall–Kier alpha value is -2.85. The number of likely N-dealkylation sites (tertiary alicyclic amines) is 1. The summed E-state index contributed by atoms with van der Waals surface area (Å²) >= 11 is 0.